The predicted molar refractivity (Wildman–Crippen MR) is 180 cm³/mol. The quantitative estimate of drug-likeness (QED) is 0.235. The van der Waals surface area contributed by atoms with E-state index in [9.17, 15) is 0 Å². The highest BCUT2D eigenvalue weighted by atomic mass is 15.0. The van der Waals surface area contributed by atoms with Crippen molar-refractivity contribution in [3.05, 3.63) is 144 Å². The normalized spacial score (nSPS) is 13.4. The molecule has 6 aromatic carbocycles. The molecule has 1 N–H and O–H groups in total. The van der Waals surface area contributed by atoms with Crippen LogP contribution in [0.5, 0.6) is 0 Å². The average Bonchev–Trinajstić information content (AvgIpc) is 3.48. The molecule has 1 aliphatic carbocycles. The van der Waals surface area contributed by atoms with Crippen LogP contribution in [0.1, 0.15) is 36.1 Å². The SMILES string of the molecule is C=Cc1ccc2c3c(ccc2c1Nc1ccc(-n2c4ccccc4c4cccc(C)c42)cc1)C(C)(C)c1ccccc1-3. The fraction of sp³-hybridized carbons (Fsp3) is 0.100. The minimum absolute atomic E-state index is 0.0220. The van der Waals surface area contributed by atoms with E-state index >= 15 is 0 Å². The summed E-state index contributed by atoms with van der Waals surface area (Å²) in [5, 5.41) is 8.83. The van der Waals surface area contributed by atoms with Crippen molar-refractivity contribution in [2.24, 2.45) is 0 Å². The summed E-state index contributed by atoms with van der Waals surface area (Å²) < 4.78 is 2.39. The molecule has 7 aromatic rings. The second-order valence-electron chi connectivity index (χ2n) is 12.0. The standard InChI is InChI=1S/C40H32N2/c1-5-26-17-22-30-31(23-24-35-37(30)33-13-6-8-15-34(33)40(35,3)4)38(26)41-27-18-20-28(21-19-27)42-36-16-9-7-12-29(36)32-14-10-11-25(2)39(32)42/h5-24,41H,1H2,2-4H3. The summed E-state index contributed by atoms with van der Waals surface area (Å²) in [7, 11) is 0. The number of aromatic nitrogens is 1. The highest BCUT2D eigenvalue weighted by molar-refractivity contribution is 6.11. The van der Waals surface area contributed by atoms with E-state index in [0.717, 1.165) is 22.6 Å². The van der Waals surface area contributed by atoms with Gasteiger partial charge in [-0.25, -0.2) is 0 Å². The first-order valence-electron chi connectivity index (χ1n) is 14.7. The third-order valence-electron chi connectivity index (χ3n) is 9.29. The highest BCUT2D eigenvalue weighted by Crippen LogP contribution is 2.52. The van der Waals surface area contributed by atoms with Gasteiger partial charge in [0.25, 0.3) is 0 Å². The summed E-state index contributed by atoms with van der Waals surface area (Å²) in [6.45, 7) is 11.0. The topological polar surface area (TPSA) is 17.0 Å². The lowest BCUT2D eigenvalue weighted by atomic mass is 9.82. The predicted octanol–water partition coefficient (Wildman–Crippen LogP) is 10.9. The number of rotatable bonds is 4. The lowest BCUT2D eigenvalue weighted by Crippen LogP contribution is -2.14. The monoisotopic (exact) mass is 540 g/mol. The van der Waals surface area contributed by atoms with Gasteiger partial charge in [0.1, 0.15) is 0 Å². The Kier molecular flexibility index (Phi) is 5.27. The average molecular weight is 541 g/mol. The molecule has 2 heteroatoms. The maximum Gasteiger partial charge on any atom is 0.0570 e. The van der Waals surface area contributed by atoms with Crippen LogP contribution >= 0.6 is 0 Å². The van der Waals surface area contributed by atoms with Gasteiger partial charge in [-0.2, -0.15) is 0 Å². The molecule has 0 aliphatic heterocycles. The molecule has 0 amide bonds. The Morgan fingerprint density at radius 2 is 1.40 bits per heavy atom. The lowest BCUT2D eigenvalue weighted by molar-refractivity contribution is 0.661. The smallest absolute Gasteiger partial charge is 0.0570 e. The van der Waals surface area contributed by atoms with Crippen LogP contribution in [-0.2, 0) is 5.41 Å². The number of para-hydroxylation sites is 2. The first-order valence-corrected chi connectivity index (χ1v) is 14.7. The van der Waals surface area contributed by atoms with Crippen LogP contribution in [0.4, 0.5) is 11.4 Å². The van der Waals surface area contributed by atoms with Crippen molar-refractivity contribution in [1.29, 1.82) is 0 Å². The van der Waals surface area contributed by atoms with Crippen molar-refractivity contribution in [3.63, 3.8) is 0 Å². The molecule has 0 spiro atoms. The van der Waals surface area contributed by atoms with E-state index in [2.05, 4.69) is 152 Å². The Morgan fingerprint density at radius 3 is 2.24 bits per heavy atom. The van der Waals surface area contributed by atoms with E-state index in [1.165, 1.54) is 60.4 Å². The summed E-state index contributed by atoms with van der Waals surface area (Å²) in [6, 6.07) is 42.0. The Balaban J connectivity index is 1.25. The van der Waals surface area contributed by atoms with Gasteiger partial charge in [0.15, 0.2) is 0 Å². The fourth-order valence-electron chi connectivity index (χ4n) is 7.23. The molecule has 1 aromatic heterocycles. The van der Waals surface area contributed by atoms with Crippen LogP contribution in [0, 0.1) is 6.92 Å². The van der Waals surface area contributed by atoms with E-state index in [0.29, 0.717) is 0 Å². The van der Waals surface area contributed by atoms with E-state index in [1.54, 1.807) is 0 Å². The van der Waals surface area contributed by atoms with Gasteiger partial charge in [-0.3, -0.25) is 0 Å². The van der Waals surface area contributed by atoms with Crippen LogP contribution in [-0.4, -0.2) is 4.57 Å². The number of hydrogen-bond acceptors (Lipinski definition) is 1. The van der Waals surface area contributed by atoms with Gasteiger partial charge in [-0.1, -0.05) is 111 Å². The van der Waals surface area contributed by atoms with Gasteiger partial charge >= 0.3 is 0 Å². The van der Waals surface area contributed by atoms with Crippen molar-refractivity contribution in [2.45, 2.75) is 26.2 Å². The zero-order valence-corrected chi connectivity index (χ0v) is 24.2. The van der Waals surface area contributed by atoms with Crippen molar-refractivity contribution in [1.82, 2.24) is 4.57 Å². The van der Waals surface area contributed by atoms with E-state index in [1.807, 2.05) is 6.08 Å². The summed E-state index contributed by atoms with van der Waals surface area (Å²) in [6.07, 6.45) is 1.95. The number of nitrogens with one attached hydrogen (secondary N) is 1. The van der Waals surface area contributed by atoms with Crippen LogP contribution in [0.25, 0.3) is 55.5 Å². The van der Waals surface area contributed by atoms with Crippen LogP contribution in [0.2, 0.25) is 0 Å². The van der Waals surface area contributed by atoms with E-state index < -0.39 is 0 Å². The molecule has 1 aliphatic rings. The van der Waals surface area contributed by atoms with Gasteiger partial charge in [-0.15, -0.1) is 0 Å². The molecule has 8 rings (SSSR count). The second kappa shape index (κ2) is 8.96. The molecule has 0 saturated heterocycles. The Labute approximate surface area is 246 Å². The number of aryl methyl sites for hydroxylation is 1. The first kappa shape index (κ1) is 24.7. The van der Waals surface area contributed by atoms with E-state index in [-0.39, 0.29) is 5.41 Å². The zero-order chi connectivity index (χ0) is 28.6. The minimum Gasteiger partial charge on any atom is -0.355 e. The Hall–Kier alpha value is -5.08. The van der Waals surface area contributed by atoms with Gasteiger partial charge in [0.2, 0.25) is 0 Å². The van der Waals surface area contributed by atoms with Crippen LogP contribution < -0.4 is 5.32 Å². The van der Waals surface area contributed by atoms with Crippen molar-refractivity contribution in [2.75, 3.05) is 5.32 Å². The van der Waals surface area contributed by atoms with Crippen molar-refractivity contribution in [3.8, 4) is 16.8 Å². The Bertz CT molecular complexity index is 2210. The molecular weight excluding hydrogens is 508 g/mol. The number of hydrogen-bond donors (Lipinski definition) is 1. The molecule has 0 atom stereocenters. The summed E-state index contributed by atoms with van der Waals surface area (Å²) >= 11 is 0. The zero-order valence-electron chi connectivity index (χ0n) is 24.2. The molecule has 0 bridgehead atoms. The lowest BCUT2D eigenvalue weighted by Gasteiger charge is -2.22. The van der Waals surface area contributed by atoms with Gasteiger partial charge in [0.05, 0.1) is 16.7 Å². The molecule has 0 unspecified atom stereocenters. The maximum atomic E-state index is 4.14. The first-order chi connectivity index (χ1) is 20.5. The molecule has 202 valence electrons. The van der Waals surface area contributed by atoms with Gasteiger partial charge in [-0.05, 0) is 76.0 Å². The number of nitrogens with zero attached hydrogens (tertiary/aromatic N) is 1. The van der Waals surface area contributed by atoms with Crippen LogP contribution in [0.3, 0.4) is 0 Å². The molecule has 1 heterocycles. The summed E-state index contributed by atoms with van der Waals surface area (Å²) in [5.41, 5.74) is 13.6. The summed E-state index contributed by atoms with van der Waals surface area (Å²) in [5.74, 6) is 0. The minimum atomic E-state index is -0.0220. The molecule has 0 radical (unpaired) electrons. The number of benzene rings is 6. The third-order valence-corrected chi connectivity index (χ3v) is 9.29. The van der Waals surface area contributed by atoms with Gasteiger partial charge < -0.3 is 9.88 Å². The van der Waals surface area contributed by atoms with Crippen molar-refractivity contribution >= 4 is 50.0 Å². The molecule has 0 saturated carbocycles. The van der Waals surface area contributed by atoms with Crippen molar-refractivity contribution < 1.29 is 0 Å². The van der Waals surface area contributed by atoms with Gasteiger partial charge in [0, 0.05) is 32.9 Å². The largest absolute Gasteiger partial charge is 0.355 e. The fourth-order valence-corrected chi connectivity index (χ4v) is 7.23. The second-order valence-corrected chi connectivity index (χ2v) is 12.0. The molecule has 42 heavy (non-hydrogen) atoms. The molecule has 2 nitrogen and oxygen atoms in total. The number of fused-ring (bicyclic) bond motifs is 8. The third kappa shape index (κ3) is 3.39. The summed E-state index contributed by atoms with van der Waals surface area (Å²) in [4.78, 5) is 0. The maximum absolute atomic E-state index is 4.14. The number of anilines is 2. The van der Waals surface area contributed by atoms with Crippen LogP contribution in [0.15, 0.2) is 122 Å². The Morgan fingerprint density at radius 1 is 0.667 bits per heavy atom. The van der Waals surface area contributed by atoms with E-state index in [4.69, 9.17) is 0 Å². The molecule has 0 fully saturated rings. The molecular formula is C40H32N2. The highest BCUT2D eigenvalue weighted by Gasteiger charge is 2.36.